The third-order valence-electron chi connectivity index (χ3n) is 6.49. The van der Waals surface area contributed by atoms with Crippen LogP contribution in [0, 0.1) is 12.8 Å². The lowest BCUT2D eigenvalue weighted by Gasteiger charge is -2.38. The van der Waals surface area contributed by atoms with E-state index < -0.39 is 10.0 Å². The summed E-state index contributed by atoms with van der Waals surface area (Å²) in [5.41, 5.74) is 2.62. The second-order valence-corrected chi connectivity index (χ2v) is 10.8. The fourth-order valence-corrected chi connectivity index (χ4v) is 6.36. The number of aryl methyl sites for hydroxylation is 1. The minimum Gasteiger partial charge on any atom is -0.340 e. The number of sulfonamides is 1. The zero-order valence-electron chi connectivity index (χ0n) is 18.3. The van der Waals surface area contributed by atoms with Crippen LogP contribution in [0.4, 0.5) is 0 Å². The van der Waals surface area contributed by atoms with E-state index in [-0.39, 0.29) is 21.9 Å². The topological polar surface area (TPSA) is 73.8 Å². The van der Waals surface area contributed by atoms with Gasteiger partial charge in [-0.2, -0.15) is 4.31 Å². The zero-order chi connectivity index (χ0) is 22.7. The van der Waals surface area contributed by atoms with Gasteiger partial charge in [0.2, 0.25) is 15.9 Å². The molecule has 1 aromatic heterocycles. The van der Waals surface area contributed by atoms with Crippen LogP contribution >= 0.6 is 11.6 Å². The summed E-state index contributed by atoms with van der Waals surface area (Å²) in [7, 11) is -3.70. The van der Waals surface area contributed by atoms with Crippen molar-refractivity contribution in [1.29, 1.82) is 0 Å². The SMILES string of the molecule is Cc1ccccc1CN1CCN(C(=O)C2CCN(S(=O)(=O)c3cccnc3Cl)CC2)CC1. The molecule has 2 aliphatic rings. The largest absolute Gasteiger partial charge is 0.340 e. The van der Waals surface area contributed by atoms with Crippen molar-refractivity contribution in [2.24, 2.45) is 5.92 Å². The van der Waals surface area contributed by atoms with Crippen molar-refractivity contribution in [1.82, 2.24) is 19.1 Å². The lowest BCUT2D eigenvalue weighted by Crippen LogP contribution is -2.51. The molecular formula is C23H29ClN4O3S. The normalized spacial score (nSPS) is 19.2. The predicted octanol–water partition coefficient (Wildman–Crippen LogP) is 2.79. The first-order valence-electron chi connectivity index (χ1n) is 11.0. The number of nitrogens with zero attached hydrogens (tertiary/aromatic N) is 4. The van der Waals surface area contributed by atoms with Crippen molar-refractivity contribution in [3.63, 3.8) is 0 Å². The molecule has 1 aromatic carbocycles. The van der Waals surface area contributed by atoms with Crippen molar-refractivity contribution in [3.05, 3.63) is 58.9 Å². The molecule has 0 bridgehead atoms. The van der Waals surface area contributed by atoms with Gasteiger partial charge in [0.15, 0.2) is 0 Å². The molecule has 172 valence electrons. The number of aromatic nitrogens is 1. The van der Waals surface area contributed by atoms with E-state index in [4.69, 9.17) is 11.6 Å². The molecule has 3 heterocycles. The maximum atomic E-state index is 13.1. The van der Waals surface area contributed by atoms with Gasteiger partial charge in [-0.1, -0.05) is 35.9 Å². The van der Waals surface area contributed by atoms with E-state index in [1.807, 2.05) is 4.90 Å². The first-order valence-corrected chi connectivity index (χ1v) is 12.8. The quantitative estimate of drug-likeness (QED) is 0.620. The fraction of sp³-hybridized carbons (Fsp3) is 0.478. The number of carbonyl (C=O) groups excluding carboxylic acids is 1. The lowest BCUT2D eigenvalue weighted by atomic mass is 9.96. The maximum Gasteiger partial charge on any atom is 0.246 e. The molecule has 1 amide bonds. The van der Waals surface area contributed by atoms with Crippen LogP contribution in [0.3, 0.4) is 0 Å². The van der Waals surface area contributed by atoms with Crippen molar-refractivity contribution < 1.29 is 13.2 Å². The van der Waals surface area contributed by atoms with Gasteiger partial charge in [0.1, 0.15) is 10.0 Å². The molecule has 0 N–H and O–H groups in total. The highest BCUT2D eigenvalue weighted by Crippen LogP contribution is 2.28. The number of piperidine rings is 1. The number of benzene rings is 1. The molecular weight excluding hydrogens is 448 g/mol. The molecule has 0 radical (unpaired) electrons. The van der Waals surface area contributed by atoms with Gasteiger partial charge in [0.05, 0.1) is 0 Å². The molecule has 2 aliphatic heterocycles. The van der Waals surface area contributed by atoms with E-state index in [1.54, 1.807) is 6.07 Å². The minimum atomic E-state index is -3.70. The van der Waals surface area contributed by atoms with Crippen LogP contribution in [-0.2, 0) is 21.4 Å². The molecule has 0 spiro atoms. The van der Waals surface area contributed by atoms with Gasteiger partial charge < -0.3 is 4.90 Å². The van der Waals surface area contributed by atoms with Crippen molar-refractivity contribution in [2.45, 2.75) is 31.2 Å². The molecule has 0 aliphatic carbocycles. The first-order chi connectivity index (χ1) is 15.4. The Bertz CT molecular complexity index is 1060. The number of piperazine rings is 1. The highest BCUT2D eigenvalue weighted by molar-refractivity contribution is 7.89. The summed E-state index contributed by atoms with van der Waals surface area (Å²) in [4.78, 5) is 21.3. The van der Waals surface area contributed by atoms with Crippen LogP contribution in [-0.4, -0.2) is 72.7 Å². The van der Waals surface area contributed by atoms with E-state index in [0.29, 0.717) is 39.0 Å². The van der Waals surface area contributed by atoms with Crippen LogP contribution in [0.2, 0.25) is 5.15 Å². The maximum absolute atomic E-state index is 13.1. The Hall–Kier alpha value is -2.00. The Kier molecular flexibility index (Phi) is 7.14. The van der Waals surface area contributed by atoms with Crippen molar-refractivity contribution in [3.8, 4) is 0 Å². The van der Waals surface area contributed by atoms with E-state index >= 15 is 0 Å². The summed E-state index contributed by atoms with van der Waals surface area (Å²) in [6.45, 7) is 6.81. The van der Waals surface area contributed by atoms with Gasteiger partial charge in [-0.3, -0.25) is 9.69 Å². The molecule has 32 heavy (non-hydrogen) atoms. The fourth-order valence-electron chi connectivity index (χ4n) is 4.46. The monoisotopic (exact) mass is 476 g/mol. The standard InChI is InChI=1S/C23H29ClN4O3S/c1-18-5-2-3-6-20(18)17-26-13-15-27(16-14-26)23(29)19-8-11-28(12-9-19)32(30,31)21-7-4-10-25-22(21)24/h2-7,10,19H,8-9,11-17H2,1H3. The van der Waals surface area contributed by atoms with Gasteiger partial charge in [-0.05, 0) is 43.0 Å². The average molecular weight is 477 g/mol. The molecule has 2 fully saturated rings. The molecule has 0 atom stereocenters. The second kappa shape index (κ2) is 9.87. The molecule has 7 nitrogen and oxygen atoms in total. The zero-order valence-corrected chi connectivity index (χ0v) is 19.9. The third kappa shape index (κ3) is 4.98. The van der Waals surface area contributed by atoms with Gasteiger partial charge in [0.25, 0.3) is 0 Å². The molecule has 0 saturated carbocycles. The highest BCUT2D eigenvalue weighted by Gasteiger charge is 2.35. The Balaban J connectivity index is 1.29. The average Bonchev–Trinajstić information content (AvgIpc) is 2.81. The van der Waals surface area contributed by atoms with E-state index in [9.17, 15) is 13.2 Å². The number of hydrogen-bond acceptors (Lipinski definition) is 5. The summed E-state index contributed by atoms with van der Waals surface area (Å²) in [6.07, 6.45) is 2.52. The summed E-state index contributed by atoms with van der Waals surface area (Å²) >= 11 is 6.00. The Labute approximate surface area is 195 Å². The Morgan fingerprint density at radius 3 is 2.38 bits per heavy atom. The van der Waals surface area contributed by atoms with E-state index in [1.165, 1.54) is 27.7 Å². The molecule has 4 rings (SSSR count). The van der Waals surface area contributed by atoms with Gasteiger partial charge >= 0.3 is 0 Å². The van der Waals surface area contributed by atoms with Gasteiger partial charge in [-0.15, -0.1) is 0 Å². The van der Waals surface area contributed by atoms with Gasteiger partial charge in [-0.25, -0.2) is 13.4 Å². The number of carbonyl (C=O) groups is 1. The number of rotatable bonds is 5. The van der Waals surface area contributed by atoms with Crippen molar-refractivity contribution >= 4 is 27.5 Å². The number of pyridine rings is 1. The summed E-state index contributed by atoms with van der Waals surface area (Å²) in [5, 5.41) is -0.0192. The Morgan fingerprint density at radius 1 is 1.03 bits per heavy atom. The van der Waals surface area contributed by atoms with Crippen LogP contribution in [0.5, 0.6) is 0 Å². The van der Waals surface area contributed by atoms with E-state index in [2.05, 4.69) is 41.1 Å². The molecule has 2 aromatic rings. The Morgan fingerprint density at radius 2 is 1.72 bits per heavy atom. The van der Waals surface area contributed by atoms with Crippen LogP contribution < -0.4 is 0 Å². The van der Waals surface area contributed by atoms with E-state index in [0.717, 1.165) is 19.6 Å². The summed E-state index contributed by atoms with van der Waals surface area (Å²) in [6, 6.07) is 11.4. The number of amides is 1. The molecule has 0 unspecified atom stereocenters. The minimum absolute atomic E-state index is 0.0192. The molecule has 9 heteroatoms. The molecule has 2 saturated heterocycles. The summed E-state index contributed by atoms with van der Waals surface area (Å²) in [5.74, 6) is 0.0192. The highest BCUT2D eigenvalue weighted by atomic mass is 35.5. The van der Waals surface area contributed by atoms with Gasteiger partial charge in [0, 0.05) is 57.9 Å². The lowest BCUT2D eigenvalue weighted by molar-refractivity contribution is -0.138. The third-order valence-corrected chi connectivity index (χ3v) is 8.83. The second-order valence-electron chi connectivity index (χ2n) is 8.50. The van der Waals surface area contributed by atoms with Crippen LogP contribution in [0.1, 0.15) is 24.0 Å². The van der Waals surface area contributed by atoms with Crippen LogP contribution in [0.15, 0.2) is 47.5 Å². The smallest absolute Gasteiger partial charge is 0.246 e. The number of hydrogen-bond donors (Lipinski definition) is 0. The first kappa shape index (κ1) is 23.2. The number of halogens is 1. The predicted molar refractivity (Wildman–Crippen MR) is 124 cm³/mol. The summed E-state index contributed by atoms with van der Waals surface area (Å²) < 4.78 is 27.2. The van der Waals surface area contributed by atoms with Crippen LogP contribution in [0.25, 0.3) is 0 Å². The van der Waals surface area contributed by atoms with Crippen molar-refractivity contribution in [2.75, 3.05) is 39.3 Å².